The third-order valence-corrected chi connectivity index (χ3v) is 3.10. The van der Waals surface area contributed by atoms with Gasteiger partial charge in [-0.3, -0.25) is 15.2 Å². The van der Waals surface area contributed by atoms with E-state index in [0.717, 1.165) is 11.4 Å². The molecule has 0 aliphatic carbocycles. The zero-order valence-corrected chi connectivity index (χ0v) is 11.7. The van der Waals surface area contributed by atoms with Crippen molar-refractivity contribution in [3.05, 3.63) is 29.8 Å². The van der Waals surface area contributed by atoms with Gasteiger partial charge in [0.05, 0.1) is 19.0 Å². The number of nitrogens with one attached hydrogen (secondary N) is 1. The average molecular weight is 264 g/mol. The minimum atomic E-state index is -0.229. The van der Waals surface area contributed by atoms with Crippen molar-refractivity contribution in [2.75, 3.05) is 7.11 Å². The lowest BCUT2D eigenvalue weighted by molar-refractivity contribution is 0.391. The Hall–Kier alpha value is -1.86. The number of nitrogens with two attached hydrogens (primary N) is 1. The standard InChI is InChI=1S/C12H20N6O/c1-8(2)18-12(10(19-4)7-15-18)11(16-13)9-5-6-14-17(9)3/h5-8,11,16H,13H2,1-4H3. The molecule has 0 radical (unpaired) electrons. The molecule has 0 aliphatic rings. The summed E-state index contributed by atoms with van der Waals surface area (Å²) < 4.78 is 9.07. The number of hydrazine groups is 1. The molecule has 7 heteroatoms. The number of aryl methyl sites for hydroxylation is 1. The molecule has 2 aromatic heterocycles. The van der Waals surface area contributed by atoms with Crippen LogP contribution in [-0.4, -0.2) is 26.7 Å². The summed E-state index contributed by atoms with van der Waals surface area (Å²) in [6.45, 7) is 4.12. The van der Waals surface area contributed by atoms with Crippen LogP contribution in [0.25, 0.3) is 0 Å². The Bertz CT molecular complexity index is 544. The van der Waals surface area contributed by atoms with E-state index < -0.39 is 0 Å². The van der Waals surface area contributed by atoms with E-state index in [4.69, 9.17) is 10.6 Å². The second-order valence-corrected chi connectivity index (χ2v) is 4.62. The Morgan fingerprint density at radius 3 is 2.58 bits per heavy atom. The van der Waals surface area contributed by atoms with Gasteiger partial charge >= 0.3 is 0 Å². The Kier molecular flexibility index (Phi) is 3.87. The number of ether oxygens (including phenoxy) is 1. The highest BCUT2D eigenvalue weighted by Crippen LogP contribution is 2.30. The fourth-order valence-corrected chi connectivity index (χ4v) is 2.17. The van der Waals surface area contributed by atoms with Crippen molar-refractivity contribution in [3.8, 4) is 5.75 Å². The summed E-state index contributed by atoms with van der Waals surface area (Å²) in [7, 11) is 3.50. The summed E-state index contributed by atoms with van der Waals surface area (Å²) in [5, 5.41) is 8.54. The van der Waals surface area contributed by atoms with Crippen LogP contribution in [0.3, 0.4) is 0 Å². The van der Waals surface area contributed by atoms with E-state index in [1.165, 1.54) is 0 Å². The molecule has 104 valence electrons. The molecule has 0 spiro atoms. The van der Waals surface area contributed by atoms with Gasteiger partial charge in [-0.15, -0.1) is 0 Å². The molecule has 0 aromatic carbocycles. The summed E-state index contributed by atoms with van der Waals surface area (Å²) in [6.07, 6.45) is 3.44. The van der Waals surface area contributed by atoms with Gasteiger partial charge in [0, 0.05) is 19.3 Å². The van der Waals surface area contributed by atoms with Crippen molar-refractivity contribution in [2.45, 2.75) is 25.9 Å². The maximum Gasteiger partial charge on any atom is 0.162 e. The van der Waals surface area contributed by atoms with Crippen molar-refractivity contribution in [3.63, 3.8) is 0 Å². The molecule has 0 amide bonds. The number of aromatic nitrogens is 4. The van der Waals surface area contributed by atoms with Gasteiger partial charge in [0.2, 0.25) is 0 Å². The zero-order chi connectivity index (χ0) is 14.0. The molecule has 2 heterocycles. The molecule has 1 atom stereocenters. The average Bonchev–Trinajstić information content (AvgIpc) is 2.98. The Morgan fingerprint density at radius 1 is 1.37 bits per heavy atom. The predicted octanol–water partition coefficient (Wildman–Crippen LogP) is 0.759. The lowest BCUT2D eigenvalue weighted by Crippen LogP contribution is -2.32. The molecule has 2 aromatic rings. The van der Waals surface area contributed by atoms with Crippen molar-refractivity contribution in [1.82, 2.24) is 25.0 Å². The highest BCUT2D eigenvalue weighted by atomic mass is 16.5. The van der Waals surface area contributed by atoms with E-state index in [-0.39, 0.29) is 12.1 Å². The van der Waals surface area contributed by atoms with Crippen LogP contribution < -0.4 is 16.0 Å². The molecule has 3 N–H and O–H groups in total. The Morgan fingerprint density at radius 2 is 2.11 bits per heavy atom. The minimum absolute atomic E-state index is 0.211. The third-order valence-electron chi connectivity index (χ3n) is 3.10. The van der Waals surface area contributed by atoms with Crippen LogP contribution in [0.1, 0.15) is 37.3 Å². The highest BCUT2D eigenvalue weighted by Gasteiger charge is 2.25. The molecule has 19 heavy (non-hydrogen) atoms. The summed E-state index contributed by atoms with van der Waals surface area (Å²) in [5.41, 5.74) is 4.66. The number of hydrogen-bond acceptors (Lipinski definition) is 5. The van der Waals surface area contributed by atoms with Gasteiger partial charge in [-0.1, -0.05) is 0 Å². The first-order valence-electron chi connectivity index (χ1n) is 6.15. The van der Waals surface area contributed by atoms with Gasteiger partial charge in [0.25, 0.3) is 0 Å². The van der Waals surface area contributed by atoms with Crippen LogP contribution in [-0.2, 0) is 7.05 Å². The summed E-state index contributed by atoms with van der Waals surface area (Å²) in [5.74, 6) is 6.44. The van der Waals surface area contributed by atoms with Gasteiger partial charge in [-0.05, 0) is 19.9 Å². The maximum absolute atomic E-state index is 5.73. The van der Waals surface area contributed by atoms with E-state index >= 15 is 0 Å². The fraction of sp³-hybridized carbons (Fsp3) is 0.500. The van der Waals surface area contributed by atoms with Crippen molar-refractivity contribution < 1.29 is 4.74 Å². The topological polar surface area (TPSA) is 82.9 Å². The molecule has 0 saturated heterocycles. The molecule has 0 fully saturated rings. The van der Waals surface area contributed by atoms with Gasteiger partial charge in [-0.25, -0.2) is 5.43 Å². The summed E-state index contributed by atoms with van der Waals surface area (Å²) in [6, 6.07) is 1.90. The molecule has 0 saturated carbocycles. The van der Waals surface area contributed by atoms with Crippen molar-refractivity contribution >= 4 is 0 Å². The second kappa shape index (κ2) is 5.41. The van der Waals surface area contributed by atoms with Crippen LogP contribution in [0.15, 0.2) is 18.5 Å². The lowest BCUT2D eigenvalue weighted by Gasteiger charge is -2.21. The normalized spacial score (nSPS) is 12.9. The van der Waals surface area contributed by atoms with Gasteiger partial charge in [0.15, 0.2) is 5.75 Å². The summed E-state index contributed by atoms with van der Waals surface area (Å²) in [4.78, 5) is 0. The van der Waals surface area contributed by atoms with E-state index in [9.17, 15) is 0 Å². The van der Waals surface area contributed by atoms with Gasteiger partial charge < -0.3 is 4.74 Å². The molecule has 0 aliphatic heterocycles. The predicted molar refractivity (Wildman–Crippen MR) is 71.5 cm³/mol. The largest absolute Gasteiger partial charge is 0.493 e. The first kappa shape index (κ1) is 13.6. The quantitative estimate of drug-likeness (QED) is 0.615. The van der Waals surface area contributed by atoms with Gasteiger partial charge in [-0.2, -0.15) is 10.2 Å². The fourth-order valence-electron chi connectivity index (χ4n) is 2.17. The van der Waals surface area contributed by atoms with E-state index in [1.54, 1.807) is 24.2 Å². The van der Waals surface area contributed by atoms with Crippen LogP contribution in [0.4, 0.5) is 0 Å². The molecule has 1 unspecified atom stereocenters. The molecule has 2 rings (SSSR count). The zero-order valence-electron chi connectivity index (χ0n) is 11.7. The van der Waals surface area contributed by atoms with E-state index in [1.807, 2.05) is 17.8 Å². The van der Waals surface area contributed by atoms with E-state index in [0.29, 0.717) is 5.75 Å². The minimum Gasteiger partial charge on any atom is -0.493 e. The molecular weight excluding hydrogens is 244 g/mol. The smallest absolute Gasteiger partial charge is 0.162 e. The van der Waals surface area contributed by atoms with Crippen LogP contribution in [0.2, 0.25) is 0 Å². The van der Waals surface area contributed by atoms with Crippen LogP contribution >= 0.6 is 0 Å². The molecule has 7 nitrogen and oxygen atoms in total. The third kappa shape index (κ3) is 2.34. The number of hydrogen-bond donors (Lipinski definition) is 2. The number of methoxy groups -OCH3 is 1. The first-order chi connectivity index (χ1) is 9.10. The monoisotopic (exact) mass is 264 g/mol. The van der Waals surface area contributed by atoms with Crippen LogP contribution in [0, 0.1) is 0 Å². The number of rotatable bonds is 5. The molecule has 0 bridgehead atoms. The van der Waals surface area contributed by atoms with E-state index in [2.05, 4.69) is 29.5 Å². The SMILES string of the molecule is COc1cnn(C(C)C)c1C(NN)c1ccnn1C. The summed E-state index contributed by atoms with van der Waals surface area (Å²) >= 11 is 0. The molecular formula is C12H20N6O. The Labute approximate surface area is 112 Å². The van der Waals surface area contributed by atoms with Crippen LogP contribution in [0.5, 0.6) is 5.75 Å². The van der Waals surface area contributed by atoms with Crippen molar-refractivity contribution in [1.29, 1.82) is 0 Å². The Balaban J connectivity index is 2.54. The van der Waals surface area contributed by atoms with Gasteiger partial charge in [0.1, 0.15) is 11.7 Å². The first-order valence-corrected chi connectivity index (χ1v) is 6.15. The lowest BCUT2D eigenvalue weighted by atomic mass is 10.1. The second-order valence-electron chi connectivity index (χ2n) is 4.62. The highest BCUT2D eigenvalue weighted by molar-refractivity contribution is 5.34. The maximum atomic E-state index is 5.73. The number of nitrogens with zero attached hydrogens (tertiary/aromatic N) is 4. The van der Waals surface area contributed by atoms with Crippen molar-refractivity contribution in [2.24, 2.45) is 12.9 Å².